The summed E-state index contributed by atoms with van der Waals surface area (Å²) in [6.45, 7) is 2.39. The van der Waals surface area contributed by atoms with Gasteiger partial charge < -0.3 is 5.73 Å². The molecule has 2 aromatic heterocycles. The van der Waals surface area contributed by atoms with Crippen molar-refractivity contribution in [1.29, 1.82) is 0 Å². The zero-order valence-electron chi connectivity index (χ0n) is 8.79. The summed E-state index contributed by atoms with van der Waals surface area (Å²) in [5, 5.41) is 3.93. The van der Waals surface area contributed by atoms with Crippen LogP contribution in [-0.4, -0.2) is 25.7 Å². The van der Waals surface area contributed by atoms with E-state index in [9.17, 15) is 4.79 Å². The molecule has 0 saturated carbocycles. The molecule has 16 heavy (non-hydrogen) atoms. The molecule has 0 radical (unpaired) electrons. The standard InChI is InChI=1S/C10H11N5O/c1-7-3-2-4-8(13-7)5-15-6-12-10(14-15)9(11)16/h2-4,6H,5H2,1H3,(H2,11,16). The number of aryl methyl sites for hydroxylation is 1. The minimum Gasteiger partial charge on any atom is -0.363 e. The van der Waals surface area contributed by atoms with Gasteiger partial charge in [-0.3, -0.25) is 9.78 Å². The molecule has 2 heterocycles. The van der Waals surface area contributed by atoms with Crippen LogP contribution >= 0.6 is 0 Å². The lowest BCUT2D eigenvalue weighted by Crippen LogP contribution is -2.14. The Morgan fingerprint density at radius 3 is 2.94 bits per heavy atom. The molecular weight excluding hydrogens is 206 g/mol. The van der Waals surface area contributed by atoms with Crippen molar-refractivity contribution in [2.24, 2.45) is 5.73 Å². The van der Waals surface area contributed by atoms with Crippen molar-refractivity contribution in [2.75, 3.05) is 0 Å². The zero-order chi connectivity index (χ0) is 11.5. The molecule has 0 bridgehead atoms. The lowest BCUT2D eigenvalue weighted by Gasteiger charge is -2.00. The summed E-state index contributed by atoms with van der Waals surface area (Å²) in [4.78, 5) is 18.9. The van der Waals surface area contributed by atoms with Crippen LogP contribution in [-0.2, 0) is 6.54 Å². The summed E-state index contributed by atoms with van der Waals surface area (Å²) in [5.41, 5.74) is 6.85. The molecule has 2 rings (SSSR count). The van der Waals surface area contributed by atoms with E-state index in [-0.39, 0.29) is 5.82 Å². The van der Waals surface area contributed by atoms with Crippen LogP contribution in [0.3, 0.4) is 0 Å². The molecule has 0 fully saturated rings. The number of hydrogen-bond donors (Lipinski definition) is 1. The molecule has 0 unspecified atom stereocenters. The van der Waals surface area contributed by atoms with Gasteiger partial charge >= 0.3 is 0 Å². The average molecular weight is 217 g/mol. The third-order valence-corrected chi connectivity index (χ3v) is 2.03. The summed E-state index contributed by atoms with van der Waals surface area (Å²) in [6, 6.07) is 5.72. The van der Waals surface area contributed by atoms with E-state index >= 15 is 0 Å². The van der Waals surface area contributed by atoms with E-state index in [1.165, 1.54) is 11.0 Å². The normalized spacial score (nSPS) is 10.3. The van der Waals surface area contributed by atoms with Gasteiger partial charge in [0.25, 0.3) is 5.91 Å². The van der Waals surface area contributed by atoms with E-state index < -0.39 is 5.91 Å². The van der Waals surface area contributed by atoms with Crippen molar-refractivity contribution in [3.8, 4) is 0 Å². The Morgan fingerprint density at radius 2 is 2.31 bits per heavy atom. The summed E-state index contributed by atoms with van der Waals surface area (Å²) < 4.78 is 1.53. The minimum atomic E-state index is -0.629. The molecule has 0 saturated heterocycles. The molecule has 6 nitrogen and oxygen atoms in total. The van der Waals surface area contributed by atoms with E-state index in [1.54, 1.807) is 0 Å². The summed E-state index contributed by atoms with van der Waals surface area (Å²) in [5.74, 6) is -0.608. The maximum absolute atomic E-state index is 10.8. The molecule has 0 aliphatic carbocycles. The zero-order valence-corrected chi connectivity index (χ0v) is 8.79. The number of pyridine rings is 1. The van der Waals surface area contributed by atoms with Crippen molar-refractivity contribution in [2.45, 2.75) is 13.5 Å². The van der Waals surface area contributed by atoms with Crippen LogP contribution in [0.5, 0.6) is 0 Å². The van der Waals surface area contributed by atoms with E-state index in [4.69, 9.17) is 5.73 Å². The largest absolute Gasteiger partial charge is 0.363 e. The van der Waals surface area contributed by atoms with Crippen molar-refractivity contribution in [3.63, 3.8) is 0 Å². The van der Waals surface area contributed by atoms with Crippen molar-refractivity contribution >= 4 is 5.91 Å². The first-order valence-electron chi connectivity index (χ1n) is 4.77. The summed E-state index contributed by atoms with van der Waals surface area (Å²) in [7, 11) is 0. The molecule has 82 valence electrons. The molecule has 0 aromatic carbocycles. The lowest BCUT2D eigenvalue weighted by atomic mass is 10.3. The number of primary amides is 1. The third kappa shape index (κ3) is 2.22. The van der Waals surface area contributed by atoms with E-state index in [1.807, 2.05) is 25.1 Å². The van der Waals surface area contributed by atoms with Gasteiger partial charge in [0.2, 0.25) is 5.82 Å². The van der Waals surface area contributed by atoms with Crippen LogP contribution in [0, 0.1) is 6.92 Å². The maximum atomic E-state index is 10.8. The van der Waals surface area contributed by atoms with Crippen LogP contribution < -0.4 is 5.73 Å². The number of nitrogens with zero attached hydrogens (tertiary/aromatic N) is 4. The van der Waals surface area contributed by atoms with Crippen LogP contribution in [0.1, 0.15) is 22.0 Å². The van der Waals surface area contributed by atoms with Gasteiger partial charge in [0.05, 0.1) is 12.2 Å². The fourth-order valence-corrected chi connectivity index (χ4v) is 1.34. The topological polar surface area (TPSA) is 86.7 Å². The first kappa shape index (κ1) is 10.3. The molecule has 1 amide bonds. The molecule has 0 aliphatic heterocycles. The number of hydrogen-bond acceptors (Lipinski definition) is 4. The fraction of sp³-hybridized carbons (Fsp3) is 0.200. The van der Waals surface area contributed by atoms with Crippen LogP contribution in [0.15, 0.2) is 24.5 Å². The van der Waals surface area contributed by atoms with Crippen molar-refractivity contribution in [3.05, 3.63) is 41.7 Å². The lowest BCUT2D eigenvalue weighted by molar-refractivity contribution is 0.0990. The number of carbonyl (C=O) groups is 1. The second kappa shape index (κ2) is 4.09. The van der Waals surface area contributed by atoms with Crippen LogP contribution in [0.2, 0.25) is 0 Å². The van der Waals surface area contributed by atoms with Crippen LogP contribution in [0.25, 0.3) is 0 Å². The number of amides is 1. The Kier molecular flexibility index (Phi) is 2.63. The van der Waals surface area contributed by atoms with Gasteiger partial charge in [0.1, 0.15) is 6.33 Å². The first-order valence-corrected chi connectivity index (χ1v) is 4.77. The van der Waals surface area contributed by atoms with Crippen molar-refractivity contribution in [1.82, 2.24) is 19.7 Å². The molecule has 0 spiro atoms. The Labute approximate surface area is 92.1 Å². The van der Waals surface area contributed by atoms with E-state index in [2.05, 4.69) is 15.1 Å². The highest BCUT2D eigenvalue weighted by Gasteiger charge is 2.06. The van der Waals surface area contributed by atoms with Gasteiger partial charge in [-0.05, 0) is 19.1 Å². The molecule has 6 heteroatoms. The Morgan fingerprint density at radius 1 is 1.50 bits per heavy atom. The summed E-state index contributed by atoms with van der Waals surface area (Å²) in [6.07, 6.45) is 1.46. The van der Waals surface area contributed by atoms with Gasteiger partial charge in [0, 0.05) is 5.69 Å². The van der Waals surface area contributed by atoms with Gasteiger partial charge in [-0.25, -0.2) is 9.67 Å². The molecule has 2 N–H and O–H groups in total. The average Bonchev–Trinajstić information content (AvgIpc) is 2.66. The molecular formula is C10H11N5O. The summed E-state index contributed by atoms with van der Waals surface area (Å²) >= 11 is 0. The van der Waals surface area contributed by atoms with Crippen molar-refractivity contribution < 1.29 is 4.79 Å². The van der Waals surface area contributed by atoms with Crippen LogP contribution in [0.4, 0.5) is 0 Å². The Balaban J connectivity index is 2.17. The highest BCUT2D eigenvalue weighted by Crippen LogP contribution is 2.00. The number of rotatable bonds is 3. The Bertz CT molecular complexity index is 519. The highest BCUT2D eigenvalue weighted by molar-refractivity contribution is 5.88. The molecule has 2 aromatic rings. The number of nitrogens with two attached hydrogens (primary N) is 1. The maximum Gasteiger partial charge on any atom is 0.288 e. The third-order valence-electron chi connectivity index (χ3n) is 2.03. The van der Waals surface area contributed by atoms with Gasteiger partial charge in [0.15, 0.2) is 0 Å². The predicted molar refractivity (Wildman–Crippen MR) is 56.6 cm³/mol. The Hall–Kier alpha value is -2.24. The first-order chi connectivity index (χ1) is 7.65. The van der Waals surface area contributed by atoms with Gasteiger partial charge in [-0.1, -0.05) is 6.07 Å². The second-order valence-corrected chi connectivity index (χ2v) is 3.40. The minimum absolute atomic E-state index is 0.0210. The van der Waals surface area contributed by atoms with E-state index in [0.717, 1.165) is 11.4 Å². The smallest absolute Gasteiger partial charge is 0.288 e. The fourth-order valence-electron chi connectivity index (χ4n) is 1.34. The highest BCUT2D eigenvalue weighted by atomic mass is 16.1. The van der Waals surface area contributed by atoms with Gasteiger partial charge in [-0.15, -0.1) is 5.10 Å². The van der Waals surface area contributed by atoms with Gasteiger partial charge in [-0.2, -0.15) is 0 Å². The molecule has 0 aliphatic rings. The van der Waals surface area contributed by atoms with E-state index in [0.29, 0.717) is 6.54 Å². The molecule has 0 atom stereocenters. The predicted octanol–water partition coefficient (Wildman–Crippen LogP) is 0.129. The number of aromatic nitrogens is 4. The SMILES string of the molecule is Cc1cccc(Cn2cnc(C(N)=O)n2)n1. The quantitative estimate of drug-likeness (QED) is 0.791. The second-order valence-electron chi connectivity index (χ2n) is 3.40. The number of carbonyl (C=O) groups excluding carboxylic acids is 1. The monoisotopic (exact) mass is 217 g/mol.